The van der Waals surface area contributed by atoms with E-state index in [-0.39, 0.29) is 5.92 Å². The van der Waals surface area contributed by atoms with Gasteiger partial charge in [0.05, 0.1) is 5.35 Å². The van der Waals surface area contributed by atoms with E-state index in [9.17, 15) is 0 Å². The first kappa shape index (κ1) is 20.1. The minimum Gasteiger partial charge on any atom is -0.353 e. The van der Waals surface area contributed by atoms with Crippen LogP contribution in [-0.4, -0.2) is 47.3 Å². The average molecular weight is 379 g/mol. The number of rotatable bonds is 6. The van der Waals surface area contributed by atoms with E-state index in [1.165, 1.54) is 6.21 Å². The molecule has 1 fully saturated rings. The van der Waals surface area contributed by atoms with Crippen LogP contribution >= 0.6 is 0 Å². The largest absolute Gasteiger partial charge is 0.353 e. The lowest BCUT2D eigenvalue weighted by Gasteiger charge is -2.29. The van der Waals surface area contributed by atoms with Gasteiger partial charge in [0.2, 0.25) is 0 Å². The third-order valence-corrected chi connectivity index (χ3v) is 5.23. The molecule has 3 rings (SSSR count). The molecule has 1 saturated heterocycles. The van der Waals surface area contributed by atoms with Crippen molar-refractivity contribution in [3.63, 3.8) is 0 Å². The van der Waals surface area contributed by atoms with E-state index in [0.29, 0.717) is 11.2 Å². The molecule has 6 heteroatoms. The monoisotopic (exact) mass is 378 g/mol. The Balaban J connectivity index is 2.26. The van der Waals surface area contributed by atoms with Crippen LogP contribution in [0.4, 0.5) is 5.82 Å². The predicted octanol–water partition coefficient (Wildman–Crippen LogP) is 1.90. The summed E-state index contributed by atoms with van der Waals surface area (Å²) in [6, 6.07) is 3.93. The number of nitrogens with one attached hydrogen (secondary N) is 2. The smallest absolute Gasteiger partial charge is 0.162 e. The Hall–Kier alpha value is -2.60. The number of pyridine rings is 1. The van der Waals surface area contributed by atoms with Crippen molar-refractivity contribution in [1.29, 1.82) is 5.41 Å². The highest BCUT2D eigenvalue weighted by atomic mass is 15.2. The highest BCUT2D eigenvalue weighted by Gasteiger charge is 2.19. The van der Waals surface area contributed by atoms with Crippen LogP contribution in [0.1, 0.15) is 32.4 Å². The molecule has 2 N–H and O–H groups in total. The number of piperazine rings is 1. The fraction of sp³-hybridized carbons (Fsp3) is 0.455. The zero-order chi connectivity index (χ0) is 20.1. The molecule has 0 spiro atoms. The van der Waals surface area contributed by atoms with E-state index >= 15 is 0 Å². The van der Waals surface area contributed by atoms with Crippen molar-refractivity contribution in [3.8, 4) is 11.4 Å². The molecule has 1 unspecified atom stereocenters. The molecule has 2 aromatic rings. The van der Waals surface area contributed by atoms with Gasteiger partial charge in [-0.05, 0) is 37.0 Å². The van der Waals surface area contributed by atoms with Crippen molar-refractivity contribution in [1.82, 2.24) is 20.3 Å². The zero-order valence-electron chi connectivity index (χ0n) is 17.1. The number of hydrogen-bond acceptors (Lipinski definition) is 6. The first-order valence-corrected chi connectivity index (χ1v) is 10.1. The maximum Gasteiger partial charge on any atom is 0.162 e. The molecular weight excluding hydrogens is 348 g/mol. The molecule has 0 bridgehead atoms. The van der Waals surface area contributed by atoms with Crippen LogP contribution in [0.3, 0.4) is 0 Å². The van der Waals surface area contributed by atoms with Crippen LogP contribution in [0.15, 0.2) is 18.3 Å². The van der Waals surface area contributed by atoms with E-state index in [0.717, 1.165) is 66.9 Å². The fourth-order valence-electron chi connectivity index (χ4n) is 3.76. The minimum absolute atomic E-state index is 0.266. The van der Waals surface area contributed by atoms with Gasteiger partial charge < -0.3 is 15.6 Å². The second-order valence-corrected chi connectivity index (χ2v) is 7.40. The zero-order valence-corrected chi connectivity index (χ0v) is 17.1. The van der Waals surface area contributed by atoms with Crippen molar-refractivity contribution >= 4 is 24.2 Å². The third-order valence-electron chi connectivity index (χ3n) is 5.23. The molecule has 0 radical (unpaired) electrons. The van der Waals surface area contributed by atoms with E-state index < -0.39 is 0 Å². The van der Waals surface area contributed by atoms with Crippen LogP contribution in [0, 0.1) is 18.3 Å². The number of nitrogens with zero attached hydrogens (tertiary/aromatic N) is 4. The van der Waals surface area contributed by atoms with Gasteiger partial charge in [0.15, 0.2) is 5.82 Å². The number of anilines is 1. The summed E-state index contributed by atoms with van der Waals surface area (Å²) in [5, 5.41) is 13.1. The topological polar surface area (TPSA) is 77.8 Å². The Morgan fingerprint density at radius 1 is 1.36 bits per heavy atom. The molecule has 1 aliphatic rings. The lowest BCUT2D eigenvalue weighted by atomic mass is 9.95. The molecule has 2 aromatic heterocycles. The normalized spacial score (nSPS) is 16.6. The van der Waals surface area contributed by atoms with Crippen LogP contribution in [0.5, 0.6) is 0 Å². The van der Waals surface area contributed by atoms with Gasteiger partial charge in [0.25, 0.3) is 0 Å². The van der Waals surface area contributed by atoms with Crippen molar-refractivity contribution < 1.29 is 0 Å². The molecule has 0 aromatic carbocycles. The van der Waals surface area contributed by atoms with Crippen molar-refractivity contribution in [2.75, 3.05) is 31.1 Å². The van der Waals surface area contributed by atoms with Crippen LogP contribution in [0.2, 0.25) is 0 Å². The summed E-state index contributed by atoms with van der Waals surface area (Å²) in [5.41, 5.74) is 2.85. The summed E-state index contributed by atoms with van der Waals surface area (Å²) in [6.07, 6.45) is 5.35. The van der Waals surface area contributed by atoms with E-state index in [2.05, 4.69) is 35.6 Å². The summed E-state index contributed by atoms with van der Waals surface area (Å²) < 4.78 is 0. The molecule has 148 valence electrons. The quantitative estimate of drug-likeness (QED) is 0.751. The number of aryl methyl sites for hydroxylation is 1. The van der Waals surface area contributed by atoms with Crippen molar-refractivity contribution in [3.05, 3.63) is 34.6 Å². The predicted molar refractivity (Wildman–Crippen MR) is 116 cm³/mol. The van der Waals surface area contributed by atoms with Gasteiger partial charge in [-0.15, -0.1) is 0 Å². The highest BCUT2D eigenvalue weighted by molar-refractivity contribution is 6.01. The summed E-state index contributed by atoms with van der Waals surface area (Å²) in [7, 11) is 0. The Bertz CT molecular complexity index is 946. The summed E-state index contributed by atoms with van der Waals surface area (Å²) >= 11 is 0. The SMILES string of the molecule is C=c1nc(-c2ccnc(C)c2)nc(N2CCNCC2)/c1=C(/C=N)C(C)CCC. The Labute approximate surface area is 167 Å². The van der Waals surface area contributed by atoms with Gasteiger partial charge in [0, 0.05) is 55.1 Å². The summed E-state index contributed by atoms with van der Waals surface area (Å²) in [6.45, 7) is 14.2. The Kier molecular flexibility index (Phi) is 6.52. The Morgan fingerprint density at radius 3 is 2.75 bits per heavy atom. The maximum absolute atomic E-state index is 8.07. The van der Waals surface area contributed by atoms with Crippen molar-refractivity contribution in [2.24, 2.45) is 5.92 Å². The molecule has 28 heavy (non-hydrogen) atoms. The van der Waals surface area contributed by atoms with E-state index in [1.807, 2.05) is 19.1 Å². The third kappa shape index (κ3) is 4.28. The Morgan fingerprint density at radius 2 is 2.11 bits per heavy atom. The molecule has 0 aliphatic carbocycles. The lowest BCUT2D eigenvalue weighted by molar-refractivity contribution is 0.582. The second-order valence-electron chi connectivity index (χ2n) is 7.40. The highest BCUT2D eigenvalue weighted by Crippen LogP contribution is 2.19. The van der Waals surface area contributed by atoms with Gasteiger partial charge >= 0.3 is 0 Å². The van der Waals surface area contributed by atoms with Crippen molar-refractivity contribution in [2.45, 2.75) is 33.6 Å². The summed E-state index contributed by atoms with van der Waals surface area (Å²) in [5.74, 6) is 1.83. The molecule has 0 saturated carbocycles. The minimum atomic E-state index is 0.266. The lowest BCUT2D eigenvalue weighted by Crippen LogP contribution is -2.48. The van der Waals surface area contributed by atoms with Gasteiger partial charge in [-0.2, -0.15) is 0 Å². The first-order valence-electron chi connectivity index (χ1n) is 10.1. The maximum atomic E-state index is 8.07. The molecule has 0 amide bonds. The van der Waals surface area contributed by atoms with Gasteiger partial charge in [-0.3, -0.25) is 4.98 Å². The molecular formula is C22H30N6. The average Bonchev–Trinajstić information content (AvgIpc) is 2.70. The second kappa shape index (κ2) is 9.06. The van der Waals surface area contributed by atoms with Gasteiger partial charge in [-0.1, -0.05) is 26.8 Å². The number of aromatic nitrogens is 3. The van der Waals surface area contributed by atoms with Crippen LogP contribution in [-0.2, 0) is 0 Å². The fourth-order valence-corrected chi connectivity index (χ4v) is 3.76. The van der Waals surface area contributed by atoms with Gasteiger partial charge in [-0.25, -0.2) is 9.97 Å². The van der Waals surface area contributed by atoms with E-state index in [1.54, 1.807) is 6.20 Å². The van der Waals surface area contributed by atoms with Gasteiger partial charge in [0.1, 0.15) is 5.82 Å². The molecule has 6 nitrogen and oxygen atoms in total. The summed E-state index contributed by atoms with van der Waals surface area (Å²) in [4.78, 5) is 16.3. The molecule has 1 atom stereocenters. The molecule has 1 aliphatic heterocycles. The van der Waals surface area contributed by atoms with Crippen LogP contribution < -0.4 is 20.8 Å². The standard InChI is InChI=1S/C22H30N6/c1-5-6-15(2)19(14-23)20-17(4)26-21(18-7-8-25-16(3)13-18)27-22(20)28-11-9-24-10-12-28/h7-8,13-15,23-24H,4-6,9-12H2,1-3H3/b20-19-,23-14?. The van der Waals surface area contributed by atoms with Crippen LogP contribution in [0.25, 0.3) is 23.5 Å². The number of hydrogen-bond donors (Lipinski definition) is 2. The first-order chi connectivity index (χ1) is 13.5. The molecule has 3 heterocycles. The van der Waals surface area contributed by atoms with E-state index in [4.69, 9.17) is 15.4 Å².